The van der Waals surface area contributed by atoms with Gasteiger partial charge in [0.15, 0.2) is 6.29 Å². The van der Waals surface area contributed by atoms with Gasteiger partial charge in [0.05, 0.1) is 13.2 Å². The lowest BCUT2D eigenvalue weighted by molar-refractivity contribution is -0.374. The van der Waals surface area contributed by atoms with E-state index in [0.717, 1.165) is 0 Å². The first-order valence-corrected chi connectivity index (χ1v) is 10.8. The van der Waals surface area contributed by atoms with Crippen molar-refractivity contribution in [2.75, 3.05) is 25.1 Å². The summed E-state index contributed by atoms with van der Waals surface area (Å²) in [6, 6.07) is 6.65. The van der Waals surface area contributed by atoms with Crippen molar-refractivity contribution in [2.24, 2.45) is 0 Å². The van der Waals surface area contributed by atoms with Crippen molar-refractivity contribution >= 4 is 24.2 Å². The van der Waals surface area contributed by atoms with Gasteiger partial charge in [0.1, 0.15) is 49.3 Å². The first kappa shape index (κ1) is 25.4. The Hall–Kier alpha value is -1.69. The van der Waals surface area contributed by atoms with Gasteiger partial charge in [0, 0.05) is 12.6 Å². The molecule has 9 unspecified atom stereocenters. The molecule has 0 bridgehead atoms. The minimum absolute atomic E-state index is 0.269. The molecule has 3 heterocycles. The first-order valence-electron chi connectivity index (χ1n) is 10.8. The Morgan fingerprint density at radius 3 is 2.41 bits per heavy atom. The van der Waals surface area contributed by atoms with E-state index in [1.54, 1.807) is 24.3 Å². The lowest BCUT2D eigenvalue weighted by atomic mass is 9.79. The van der Waals surface area contributed by atoms with Crippen LogP contribution >= 0.6 is 0 Å². The molecule has 3 aliphatic heterocycles. The highest BCUT2D eigenvalue weighted by molar-refractivity contribution is 6.62. The minimum Gasteiger partial charge on any atom is -0.399 e. The third-order valence-electron chi connectivity index (χ3n) is 6.06. The largest absolute Gasteiger partial charge is 0.494 e. The Kier molecular flexibility index (Phi) is 7.57. The van der Waals surface area contributed by atoms with Crippen LogP contribution in [-0.2, 0) is 28.3 Å². The second kappa shape index (κ2) is 10.1. The monoisotopic (exact) mass is 485 g/mol. The smallest absolute Gasteiger partial charge is 0.399 e. The van der Waals surface area contributed by atoms with Crippen LogP contribution in [0, 0.1) is 0 Å². The van der Waals surface area contributed by atoms with Crippen molar-refractivity contribution in [2.45, 2.75) is 61.7 Å². The quantitative estimate of drug-likeness (QED) is 0.185. The van der Waals surface area contributed by atoms with Gasteiger partial charge in [-0.05, 0) is 17.6 Å². The van der Waals surface area contributed by atoms with E-state index in [1.165, 1.54) is 6.92 Å². The van der Waals surface area contributed by atoms with Gasteiger partial charge in [0.25, 0.3) is 0 Å². The maximum Gasteiger partial charge on any atom is 0.494 e. The second-order valence-electron chi connectivity index (χ2n) is 8.42. The van der Waals surface area contributed by atoms with Gasteiger partial charge in [-0.1, -0.05) is 12.1 Å². The maximum absolute atomic E-state index is 11.4. The summed E-state index contributed by atoms with van der Waals surface area (Å²) in [6.07, 6.45) is -10.6. The van der Waals surface area contributed by atoms with Gasteiger partial charge in [-0.3, -0.25) is 4.79 Å². The van der Waals surface area contributed by atoms with Crippen LogP contribution in [0.2, 0.25) is 0 Å². The zero-order valence-corrected chi connectivity index (χ0v) is 18.3. The average Bonchev–Trinajstić information content (AvgIpc) is 3.37. The van der Waals surface area contributed by atoms with Gasteiger partial charge in [-0.25, -0.2) is 0 Å². The van der Waals surface area contributed by atoms with Gasteiger partial charge >= 0.3 is 7.12 Å². The highest BCUT2D eigenvalue weighted by Crippen LogP contribution is 2.38. The van der Waals surface area contributed by atoms with E-state index in [4.69, 9.17) is 23.5 Å². The lowest BCUT2D eigenvalue weighted by Gasteiger charge is -2.43. The SMILES string of the molecule is CC(=O)Nc1cccc(B2OC3C(OC4(CO)OC(CO)C(O)C4O)OC(CO)C(O)C3O2)c1. The van der Waals surface area contributed by atoms with E-state index >= 15 is 0 Å². The number of amides is 1. The van der Waals surface area contributed by atoms with Crippen LogP contribution in [-0.4, -0.2) is 118 Å². The van der Waals surface area contributed by atoms with Gasteiger partial charge in [0.2, 0.25) is 11.7 Å². The van der Waals surface area contributed by atoms with Crippen LogP contribution in [0.25, 0.3) is 0 Å². The van der Waals surface area contributed by atoms with Crippen molar-refractivity contribution in [3.05, 3.63) is 24.3 Å². The van der Waals surface area contributed by atoms with E-state index in [2.05, 4.69) is 5.32 Å². The minimum atomic E-state index is -2.17. The summed E-state index contributed by atoms with van der Waals surface area (Å²) in [7, 11) is -1.01. The summed E-state index contributed by atoms with van der Waals surface area (Å²) < 4.78 is 28.7. The van der Waals surface area contributed by atoms with Crippen LogP contribution in [0.4, 0.5) is 5.69 Å². The fraction of sp³-hybridized carbons (Fsp3) is 0.650. The van der Waals surface area contributed by atoms with Crippen LogP contribution in [0.5, 0.6) is 0 Å². The van der Waals surface area contributed by atoms with Crippen LogP contribution in [0.15, 0.2) is 24.3 Å². The van der Waals surface area contributed by atoms with Crippen LogP contribution in [0.1, 0.15) is 6.92 Å². The van der Waals surface area contributed by atoms with E-state index in [9.17, 15) is 35.4 Å². The Morgan fingerprint density at radius 1 is 1.09 bits per heavy atom. The molecule has 9 atom stereocenters. The van der Waals surface area contributed by atoms with Gasteiger partial charge < -0.3 is 59.5 Å². The van der Waals surface area contributed by atoms with E-state index in [0.29, 0.717) is 11.2 Å². The molecule has 4 rings (SSSR count). The number of carbonyl (C=O) groups is 1. The highest BCUT2D eigenvalue weighted by atomic mass is 16.8. The van der Waals surface area contributed by atoms with Crippen molar-refractivity contribution in [1.82, 2.24) is 0 Å². The van der Waals surface area contributed by atoms with Crippen molar-refractivity contribution in [3.63, 3.8) is 0 Å². The Morgan fingerprint density at radius 2 is 1.79 bits per heavy atom. The average molecular weight is 485 g/mol. The fourth-order valence-corrected chi connectivity index (χ4v) is 4.34. The number of fused-ring (bicyclic) bond motifs is 1. The molecule has 13 nitrogen and oxygen atoms in total. The summed E-state index contributed by atoms with van der Waals surface area (Å²) in [5, 5.41) is 62.9. The number of hydrogen-bond acceptors (Lipinski definition) is 12. The van der Waals surface area contributed by atoms with Crippen molar-refractivity contribution in [3.8, 4) is 0 Å². The molecule has 34 heavy (non-hydrogen) atoms. The first-order chi connectivity index (χ1) is 16.2. The molecule has 0 saturated carbocycles. The molecule has 1 aromatic carbocycles. The predicted molar refractivity (Wildman–Crippen MR) is 113 cm³/mol. The van der Waals surface area contributed by atoms with Crippen LogP contribution in [0.3, 0.4) is 0 Å². The molecule has 0 aromatic heterocycles. The Bertz CT molecular complexity index is 878. The molecule has 3 fully saturated rings. The number of rotatable bonds is 7. The second-order valence-corrected chi connectivity index (χ2v) is 8.42. The number of hydrogen-bond donors (Lipinski definition) is 7. The molecule has 1 aromatic rings. The van der Waals surface area contributed by atoms with Gasteiger partial charge in [-0.15, -0.1) is 0 Å². The molecule has 1 amide bonds. The Balaban J connectivity index is 1.58. The van der Waals surface area contributed by atoms with Crippen molar-refractivity contribution in [1.29, 1.82) is 0 Å². The van der Waals surface area contributed by atoms with Crippen LogP contribution < -0.4 is 10.8 Å². The number of carbonyl (C=O) groups excluding carboxylic acids is 1. The standard InChI is InChI=1S/C20H28BNO12/c1-9(26)22-11-4-2-3-10(5-11)21-33-16-14(27)12(6-23)30-19(17(16)34-21)32-20(8-25)18(29)15(28)13(7-24)31-20/h2-5,12-19,23-25,27-29H,6-8H2,1H3,(H,22,26). The van der Waals surface area contributed by atoms with Crippen molar-refractivity contribution < 1.29 is 59.0 Å². The molecule has 3 saturated heterocycles. The molecule has 0 spiro atoms. The highest BCUT2D eigenvalue weighted by Gasteiger charge is 2.61. The van der Waals surface area contributed by atoms with E-state index in [-0.39, 0.29) is 5.91 Å². The van der Waals surface area contributed by atoms with Gasteiger partial charge in [-0.2, -0.15) is 0 Å². The van der Waals surface area contributed by atoms with E-state index in [1.807, 2.05) is 0 Å². The molecular formula is C20H28BNO12. The number of aliphatic hydroxyl groups is 6. The maximum atomic E-state index is 11.4. The number of nitrogens with one attached hydrogen (secondary N) is 1. The molecule has 14 heteroatoms. The summed E-state index contributed by atoms with van der Waals surface area (Å²) in [5.74, 6) is -2.44. The third-order valence-corrected chi connectivity index (χ3v) is 6.06. The number of ether oxygens (including phenoxy) is 3. The summed E-state index contributed by atoms with van der Waals surface area (Å²) in [5.41, 5.74) is 1.01. The zero-order valence-electron chi connectivity index (χ0n) is 18.3. The third kappa shape index (κ3) is 4.59. The molecule has 3 aliphatic rings. The Labute approximate surface area is 194 Å². The lowest BCUT2D eigenvalue weighted by Crippen LogP contribution is -2.61. The summed E-state index contributed by atoms with van der Waals surface area (Å²) >= 11 is 0. The molecule has 0 radical (unpaired) electrons. The summed E-state index contributed by atoms with van der Waals surface area (Å²) in [6.45, 7) is -0.795. The topological polar surface area (TPSA) is 197 Å². The molecule has 0 aliphatic carbocycles. The fourth-order valence-electron chi connectivity index (χ4n) is 4.34. The number of benzene rings is 1. The molecule has 7 N–H and O–H groups in total. The number of anilines is 1. The molecule has 188 valence electrons. The molecular weight excluding hydrogens is 457 g/mol. The zero-order chi connectivity index (χ0) is 24.6. The normalized spacial score (nSPS) is 39.8. The van der Waals surface area contributed by atoms with E-state index < -0.39 is 81.7 Å². The summed E-state index contributed by atoms with van der Waals surface area (Å²) in [4.78, 5) is 11.4. The number of aliphatic hydroxyl groups excluding tert-OH is 6. The predicted octanol–water partition coefficient (Wildman–Crippen LogP) is -3.98.